The summed E-state index contributed by atoms with van der Waals surface area (Å²) in [5.74, 6) is 0.637. The van der Waals surface area contributed by atoms with Crippen LogP contribution in [0.5, 0.6) is 5.75 Å². The van der Waals surface area contributed by atoms with E-state index >= 15 is 0 Å². The molecule has 0 heterocycles. The van der Waals surface area contributed by atoms with E-state index in [1.165, 1.54) is 0 Å². The molecule has 0 saturated carbocycles. The van der Waals surface area contributed by atoms with Crippen molar-refractivity contribution in [3.63, 3.8) is 0 Å². The van der Waals surface area contributed by atoms with Crippen LogP contribution in [0.1, 0.15) is 16.8 Å². The first-order chi connectivity index (χ1) is 7.27. The summed E-state index contributed by atoms with van der Waals surface area (Å²) >= 11 is 3.31. The molecule has 1 rings (SSSR count). The molecule has 4 heteroatoms. The van der Waals surface area contributed by atoms with Gasteiger partial charge in [0.05, 0.1) is 7.11 Å². The van der Waals surface area contributed by atoms with Crippen molar-refractivity contribution < 1.29 is 9.53 Å². The van der Waals surface area contributed by atoms with Crippen LogP contribution in [0.25, 0.3) is 0 Å². The summed E-state index contributed by atoms with van der Waals surface area (Å²) in [6.45, 7) is 0.682. The maximum absolute atomic E-state index is 11.6. The number of carbonyl (C=O) groups is 1. The molecular formula is C11H14BrNO2. The van der Waals surface area contributed by atoms with E-state index in [1.54, 1.807) is 25.3 Å². The van der Waals surface area contributed by atoms with Crippen molar-refractivity contribution in [3.05, 3.63) is 29.8 Å². The van der Waals surface area contributed by atoms with Gasteiger partial charge < -0.3 is 10.1 Å². The SMILES string of the molecule is COc1cccc(C(=O)NCCCBr)c1. The minimum absolute atomic E-state index is 0.0603. The van der Waals surface area contributed by atoms with Gasteiger partial charge in [-0.1, -0.05) is 22.0 Å². The number of ether oxygens (including phenoxy) is 1. The lowest BCUT2D eigenvalue weighted by atomic mass is 10.2. The summed E-state index contributed by atoms with van der Waals surface area (Å²) in [5.41, 5.74) is 0.629. The molecule has 0 aliphatic heterocycles. The molecule has 0 aliphatic rings. The van der Waals surface area contributed by atoms with Crippen LogP contribution in [0.2, 0.25) is 0 Å². The lowest BCUT2D eigenvalue weighted by Crippen LogP contribution is -2.24. The minimum atomic E-state index is -0.0603. The Morgan fingerprint density at radius 3 is 3.00 bits per heavy atom. The number of amides is 1. The first-order valence-corrected chi connectivity index (χ1v) is 5.88. The number of halogens is 1. The first kappa shape index (κ1) is 12.0. The molecule has 0 unspecified atom stereocenters. The fourth-order valence-corrected chi connectivity index (χ4v) is 1.42. The average Bonchev–Trinajstić information content (AvgIpc) is 2.29. The lowest BCUT2D eigenvalue weighted by molar-refractivity contribution is 0.0953. The van der Waals surface area contributed by atoms with Gasteiger partial charge >= 0.3 is 0 Å². The summed E-state index contributed by atoms with van der Waals surface area (Å²) in [5, 5.41) is 3.72. The van der Waals surface area contributed by atoms with Crippen LogP contribution >= 0.6 is 15.9 Å². The molecule has 82 valence electrons. The molecule has 0 bridgehead atoms. The zero-order chi connectivity index (χ0) is 11.1. The Morgan fingerprint density at radius 1 is 1.53 bits per heavy atom. The molecule has 15 heavy (non-hydrogen) atoms. The predicted octanol–water partition coefficient (Wildman–Crippen LogP) is 2.21. The van der Waals surface area contributed by atoms with Gasteiger partial charge in [-0.05, 0) is 24.6 Å². The lowest BCUT2D eigenvalue weighted by Gasteiger charge is -2.05. The van der Waals surface area contributed by atoms with E-state index in [-0.39, 0.29) is 5.91 Å². The van der Waals surface area contributed by atoms with Crippen molar-refractivity contribution in [2.24, 2.45) is 0 Å². The number of hydrogen-bond acceptors (Lipinski definition) is 2. The van der Waals surface area contributed by atoms with Gasteiger partial charge in [-0.15, -0.1) is 0 Å². The highest BCUT2D eigenvalue weighted by atomic mass is 79.9. The molecule has 1 aromatic carbocycles. The van der Waals surface area contributed by atoms with E-state index in [4.69, 9.17) is 4.74 Å². The highest BCUT2D eigenvalue weighted by Gasteiger charge is 2.04. The second-order valence-corrected chi connectivity index (χ2v) is 3.82. The first-order valence-electron chi connectivity index (χ1n) is 4.76. The fraction of sp³-hybridized carbons (Fsp3) is 0.364. The van der Waals surface area contributed by atoms with Gasteiger partial charge in [0.1, 0.15) is 5.75 Å². The molecular weight excluding hydrogens is 258 g/mol. The maximum atomic E-state index is 11.6. The number of hydrogen-bond donors (Lipinski definition) is 1. The van der Waals surface area contributed by atoms with Crippen LogP contribution in [0.15, 0.2) is 24.3 Å². The van der Waals surface area contributed by atoms with Gasteiger partial charge in [0.2, 0.25) is 0 Å². The van der Waals surface area contributed by atoms with E-state index in [9.17, 15) is 4.79 Å². The molecule has 0 aliphatic carbocycles. The van der Waals surface area contributed by atoms with Crippen molar-refractivity contribution in [1.82, 2.24) is 5.32 Å². The second kappa shape index (κ2) is 6.45. The van der Waals surface area contributed by atoms with Gasteiger partial charge in [-0.3, -0.25) is 4.79 Å². The van der Waals surface area contributed by atoms with E-state index in [1.807, 2.05) is 6.07 Å². The normalized spacial score (nSPS) is 9.73. The van der Waals surface area contributed by atoms with E-state index in [0.717, 1.165) is 11.8 Å². The van der Waals surface area contributed by atoms with Gasteiger partial charge in [-0.25, -0.2) is 0 Å². The summed E-state index contributed by atoms with van der Waals surface area (Å²) < 4.78 is 5.04. The largest absolute Gasteiger partial charge is 0.497 e. The van der Waals surface area contributed by atoms with E-state index in [2.05, 4.69) is 21.2 Å². The van der Waals surface area contributed by atoms with E-state index in [0.29, 0.717) is 17.9 Å². The Bertz CT molecular complexity index is 328. The van der Waals surface area contributed by atoms with Gasteiger partial charge in [0, 0.05) is 17.4 Å². The molecule has 1 N–H and O–H groups in total. The van der Waals surface area contributed by atoms with Crippen molar-refractivity contribution in [2.45, 2.75) is 6.42 Å². The van der Waals surface area contributed by atoms with Gasteiger partial charge in [-0.2, -0.15) is 0 Å². The fourth-order valence-electron chi connectivity index (χ4n) is 1.14. The van der Waals surface area contributed by atoms with Crippen molar-refractivity contribution in [2.75, 3.05) is 19.0 Å². The second-order valence-electron chi connectivity index (χ2n) is 3.03. The van der Waals surface area contributed by atoms with Crippen molar-refractivity contribution in [3.8, 4) is 5.75 Å². The summed E-state index contributed by atoms with van der Waals surface area (Å²) in [6, 6.07) is 7.11. The van der Waals surface area contributed by atoms with Gasteiger partial charge in [0.25, 0.3) is 5.91 Å². The smallest absolute Gasteiger partial charge is 0.251 e. The maximum Gasteiger partial charge on any atom is 0.251 e. The molecule has 0 radical (unpaired) electrons. The third-order valence-corrected chi connectivity index (χ3v) is 2.49. The number of alkyl halides is 1. The third-order valence-electron chi connectivity index (χ3n) is 1.93. The van der Waals surface area contributed by atoms with Crippen LogP contribution in [0, 0.1) is 0 Å². The van der Waals surface area contributed by atoms with Crippen LogP contribution in [0.4, 0.5) is 0 Å². The molecule has 0 atom stereocenters. The highest BCUT2D eigenvalue weighted by Crippen LogP contribution is 2.12. The van der Waals surface area contributed by atoms with Crippen LogP contribution < -0.4 is 10.1 Å². The predicted molar refractivity (Wildman–Crippen MR) is 63.7 cm³/mol. The summed E-state index contributed by atoms with van der Waals surface area (Å²) in [4.78, 5) is 11.6. The highest BCUT2D eigenvalue weighted by molar-refractivity contribution is 9.09. The number of carbonyl (C=O) groups excluding carboxylic acids is 1. The third kappa shape index (κ3) is 3.91. The van der Waals surface area contributed by atoms with Crippen molar-refractivity contribution >= 4 is 21.8 Å². The van der Waals surface area contributed by atoms with Crippen LogP contribution in [0.3, 0.4) is 0 Å². The Kier molecular flexibility index (Phi) is 5.18. The number of methoxy groups -OCH3 is 1. The molecule has 0 fully saturated rings. The molecule has 1 amide bonds. The average molecular weight is 272 g/mol. The Labute approximate surface area is 97.9 Å². The zero-order valence-electron chi connectivity index (χ0n) is 8.63. The topological polar surface area (TPSA) is 38.3 Å². The van der Waals surface area contributed by atoms with Crippen LogP contribution in [-0.2, 0) is 0 Å². The Hall–Kier alpha value is -1.03. The number of nitrogens with one attached hydrogen (secondary N) is 1. The zero-order valence-corrected chi connectivity index (χ0v) is 10.2. The Morgan fingerprint density at radius 2 is 2.33 bits per heavy atom. The molecule has 1 aromatic rings. The summed E-state index contributed by atoms with van der Waals surface area (Å²) in [7, 11) is 1.59. The standard InChI is InChI=1S/C11H14BrNO2/c1-15-10-5-2-4-9(8-10)11(14)13-7-3-6-12/h2,4-5,8H,3,6-7H2,1H3,(H,13,14). The van der Waals surface area contributed by atoms with Gasteiger partial charge in [0.15, 0.2) is 0 Å². The van der Waals surface area contributed by atoms with E-state index < -0.39 is 0 Å². The number of benzene rings is 1. The minimum Gasteiger partial charge on any atom is -0.497 e. The molecule has 0 saturated heterocycles. The summed E-state index contributed by atoms with van der Waals surface area (Å²) in [6.07, 6.45) is 0.926. The quantitative estimate of drug-likeness (QED) is 0.659. The number of rotatable bonds is 5. The molecule has 0 aromatic heterocycles. The van der Waals surface area contributed by atoms with Crippen LogP contribution in [-0.4, -0.2) is 24.9 Å². The molecule has 3 nitrogen and oxygen atoms in total. The van der Waals surface area contributed by atoms with Crippen molar-refractivity contribution in [1.29, 1.82) is 0 Å². The molecule has 0 spiro atoms. The monoisotopic (exact) mass is 271 g/mol. The Balaban J connectivity index is 2.57.